The van der Waals surface area contributed by atoms with Gasteiger partial charge in [-0.05, 0) is 32.4 Å². The lowest BCUT2D eigenvalue weighted by molar-refractivity contribution is -0.0213. The maximum atomic E-state index is 5.84. The van der Waals surface area contributed by atoms with Gasteiger partial charge in [0, 0.05) is 25.2 Å². The van der Waals surface area contributed by atoms with Crippen molar-refractivity contribution >= 4 is 0 Å². The zero-order valence-corrected chi connectivity index (χ0v) is 13.2. The van der Waals surface area contributed by atoms with Crippen LogP contribution in [0, 0.1) is 12.8 Å². The van der Waals surface area contributed by atoms with E-state index in [9.17, 15) is 0 Å². The molecule has 1 fully saturated rings. The number of hydrogen-bond acceptors (Lipinski definition) is 4. The Morgan fingerprint density at radius 3 is 2.95 bits per heavy atom. The van der Waals surface area contributed by atoms with Crippen molar-refractivity contribution in [3.8, 4) is 0 Å². The molecular formula is C16H28N2O2. The maximum absolute atomic E-state index is 5.84. The summed E-state index contributed by atoms with van der Waals surface area (Å²) in [6.07, 6.45) is 0.336. The number of nitrogens with zero attached hydrogens (tertiary/aromatic N) is 1. The SMILES string of the molecule is Cc1oc(CNCC(C)C)cc1CN1CCOC(C)C1. The molecule has 4 nitrogen and oxygen atoms in total. The Labute approximate surface area is 122 Å². The van der Waals surface area contributed by atoms with Crippen LogP contribution in [0.2, 0.25) is 0 Å². The Morgan fingerprint density at radius 1 is 1.45 bits per heavy atom. The number of ether oxygens (including phenoxy) is 1. The van der Waals surface area contributed by atoms with Crippen LogP contribution in [0.15, 0.2) is 10.5 Å². The molecule has 1 N–H and O–H groups in total. The highest BCUT2D eigenvalue weighted by atomic mass is 16.5. The van der Waals surface area contributed by atoms with Gasteiger partial charge < -0.3 is 14.5 Å². The summed E-state index contributed by atoms with van der Waals surface area (Å²) >= 11 is 0. The molecule has 0 spiro atoms. The third-order valence-electron chi connectivity index (χ3n) is 3.64. The Hall–Kier alpha value is -0.840. The average Bonchev–Trinajstić information content (AvgIpc) is 2.69. The lowest BCUT2D eigenvalue weighted by atomic mass is 10.2. The summed E-state index contributed by atoms with van der Waals surface area (Å²) in [5.74, 6) is 2.75. The molecule has 0 saturated carbocycles. The Bertz CT molecular complexity index is 415. The molecule has 20 heavy (non-hydrogen) atoms. The Balaban J connectivity index is 1.86. The van der Waals surface area contributed by atoms with Crippen LogP contribution in [0.4, 0.5) is 0 Å². The van der Waals surface area contributed by atoms with E-state index in [0.29, 0.717) is 12.0 Å². The van der Waals surface area contributed by atoms with Gasteiger partial charge in [-0.25, -0.2) is 0 Å². The van der Waals surface area contributed by atoms with Gasteiger partial charge >= 0.3 is 0 Å². The number of nitrogens with one attached hydrogen (secondary N) is 1. The zero-order chi connectivity index (χ0) is 14.5. The van der Waals surface area contributed by atoms with Gasteiger partial charge in [-0.2, -0.15) is 0 Å². The molecule has 0 amide bonds. The molecule has 1 atom stereocenters. The fourth-order valence-corrected chi connectivity index (χ4v) is 2.59. The molecule has 0 aromatic carbocycles. The fraction of sp³-hybridized carbons (Fsp3) is 0.750. The van der Waals surface area contributed by atoms with Crippen molar-refractivity contribution in [1.82, 2.24) is 10.2 Å². The van der Waals surface area contributed by atoms with Gasteiger partial charge in [0.25, 0.3) is 0 Å². The van der Waals surface area contributed by atoms with E-state index in [1.54, 1.807) is 0 Å². The molecule has 1 aliphatic rings. The summed E-state index contributed by atoms with van der Waals surface area (Å²) in [5, 5.41) is 3.43. The van der Waals surface area contributed by atoms with Crippen molar-refractivity contribution in [3.63, 3.8) is 0 Å². The van der Waals surface area contributed by atoms with Gasteiger partial charge in [-0.15, -0.1) is 0 Å². The highest BCUT2D eigenvalue weighted by molar-refractivity contribution is 5.20. The van der Waals surface area contributed by atoms with Crippen molar-refractivity contribution in [2.24, 2.45) is 5.92 Å². The molecule has 1 saturated heterocycles. The molecule has 1 aliphatic heterocycles. The van der Waals surface area contributed by atoms with Crippen LogP contribution < -0.4 is 5.32 Å². The van der Waals surface area contributed by atoms with Crippen LogP contribution >= 0.6 is 0 Å². The standard InChI is InChI=1S/C16H28N2O2/c1-12(2)8-17-9-16-7-15(14(4)20-16)11-18-5-6-19-13(3)10-18/h7,12-13,17H,5-6,8-11H2,1-4H3. The number of morpholine rings is 1. The van der Waals surface area contributed by atoms with Gasteiger partial charge in [0.05, 0.1) is 19.3 Å². The summed E-state index contributed by atoms with van der Waals surface area (Å²) in [6.45, 7) is 14.3. The van der Waals surface area contributed by atoms with Crippen molar-refractivity contribution in [3.05, 3.63) is 23.2 Å². The molecule has 2 heterocycles. The summed E-state index contributed by atoms with van der Waals surface area (Å²) in [4.78, 5) is 2.44. The third kappa shape index (κ3) is 4.62. The van der Waals surface area contributed by atoms with Crippen LogP contribution in [-0.4, -0.2) is 37.2 Å². The predicted octanol–water partition coefficient (Wildman–Crippen LogP) is 2.55. The summed E-state index contributed by atoms with van der Waals surface area (Å²) < 4.78 is 11.4. The van der Waals surface area contributed by atoms with Gasteiger partial charge in [0.2, 0.25) is 0 Å². The lowest BCUT2D eigenvalue weighted by Gasteiger charge is -2.30. The molecule has 1 aromatic rings. The number of aryl methyl sites for hydroxylation is 1. The average molecular weight is 280 g/mol. The van der Waals surface area contributed by atoms with Crippen LogP contribution in [-0.2, 0) is 17.8 Å². The second-order valence-corrected chi connectivity index (χ2v) is 6.24. The second-order valence-electron chi connectivity index (χ2n) is 6.24. The lowest BCUT2D eigenvalue weighted by Crippen LogP contribution is -2.40. The highest BCUT2D eigenvalue weighted by Crippen LogP contribution is 2.18. The molecule has 2 rings (SSSR count). The summed E-state index contributed by atoms with van der Waals surface area (Å²) in [5.41, 5.74) is 1.31. The number of furan rings is 1. The Morgan fingerprint density at radius 2 is 2.25 bits per heavy atom. The number of hydrogen-bond donors (Lipinski definition) is 1. The third-order valence-corrected chi connectivity index (χ3v) is 3.64. The maximum Gasteiger partial charge on any atom is 0.118 e. The van der Waals surface area contributed by atoms with Crippen LogP contribution in [0.5, 0.6) is 0 Å². The molecule has 114 valence electrons. The fourth-order valence-electron chi connectivity index (χ4n) is 2.59. The smallest absolute Gasteiger partial charge is 0.118 e. The van der Waals surface area contributed by atoms with Crippen LogP contribution in [0.1, 0.15) is 37.9 Å². The molecule has 0 bridgehead atoms. The van der Waals surface area contributed by atoms with Gasteiger partial charge in [-0.1, -0.05) is 13.8 Å². The van der Waals surface area contributed by atoms with Crippen molar-refractivity contribution in [2.75, 3.05) is 26.2 Å². The number of rotatable bonds is 6. The molecule has 1 aromatic heterocycles. The normalized spacial score (nSPS) is 20.8. The van der Waals surface area contributed by atoms with Gasteiger partial charge in [0.15, 0.2) is 0 Å². The van der Waals surface area contributed by atoms with E-state index in [1.807, 2.05) is 0 Å². The Kier molecular flexibility index (Phi) is 5.64. The van der Waals surface area contributed by atoms with Crippen LogP contribution in [0.3, 0.4) is 0 Å². The van der Waals surface area contributed by atoms with E-state index in [1.165, 1.54) is 5.56 Å². The van der Waals surface area contributed by atoms with Crippen molar-refractivity contribution < 1.29 is 9.15 Å². The largest absolute Gasteiger partial charge is 0.465 e. The monoisotopic (exact) mass is 280 g/mol. The minimum atomic E-state index is 0.336. The first kappa shape index (κ1) is 15.5. The van der Waals surface area contributed by atoms with Crippen LogP contribution in [0.25, 0.3) is 0 Å². The minimum Gasteiger partial charge on any atom is -0.465 e. The minimum absolute atomic E-state index is 0.336. The molecule has 0 radical (unpaired) electrons. The molecule has 1 unspecified atom stereocenters. The first-order chi connectivity index (χ1) is 9.54. The quantitative estimate of drug-likeness (QED) is 0.869. The molecular weight excluding hydrogens is 252 g/mol. The second kappa shape index (κ2) is 7.25. The highest BCUT2D eigenvalue weighted by Gasteiger charge is 2.18. The first-order valence-electron chi connectivity index (χ1n) is 7.67. The zero-order valence-electron chi connectivity index (χ0n) is 13.2. The van der Waals surface area contributed by atoms with E-state index in [0.717, 1.165) is 50.9 Å². The van der Waals surface area contributed by atoms with Crippen molar-refractivity contribution in [1.29, 1.82) is 0 Å². The van der Waals surface area contributed by atoms with E-state index in [4.69, 9.17) is 9.15 Å². The van der Waals surface area contributed by atoms with E-state index < -0.39 is 0 Å². The predicted molar refractivity (Wildman–Crippen MR) is 80.7 cm³/mol. The molecule has 4 heteroatoms. The van der Waals surface area contributed by atoms with Gasteiger partial charge in [0.1, 0.15) is 11.5 Å². The topological polar surface area (TPSA) is 37.6 Å². The summed E-state index contributed by atoms with van der Waals surface area (Å²) in [7, 11) is 0. The van der Waals surface area contributed by atoms with E-state index in [2.05, 4.69) is 44.0 Å². The van der Waals surface area contributed by atoms with Crippen molar-refractivity contribution in [2.45, 2.75) is 46.9 Å². The van der Waals surface area contributed by atoms with Gasteiger partial charge in [-0.3, -0.25) is 4.90 Å². The van der Waals surface area contributed by atoms with E-state index >= 15 is 0 Å². The van der Waals surface area contributed by atoms with E-state index in [-0.39, 0.29) is 0 Å². The first-order valence-corrected chi connectivity index (χ1v) is 7.67. The molecule has 0 aliphatic carbocycles. The summed E-state index contributed by atoms with van der Waals surface area (Å²) in [6, 6.07) is 2.20.